The van der Waals surface area contributed by atoms with Gasteiger partial charge in [-0.3, -0.25) is 0 Å². The summed E-state index contributed by atoms with van der Waals surface area (Å²) in [6, 6.07) is 0. The zero-order chi connectivity index (χ0) is 7.82. The number of nitroso groups, excluding NO2 is 1. The van der Waals surface area contributed by atoms with Crippen LogP contribution >= 0.6 is 0 Å². The topological polar surface area (TPSA) is 29.4 Å². The Morgan fingerprint density at radius 3 is 2.80 bits per heavy atom. The Bertz CT molecular complexity index is 259. The van der Waals surface area contributed by atoms with Crippen molar-refractivity contribution in [3.63, 3.8) is 0 Å². The van der Waals surface area contributed by atoms with Crippen molar-refractivity contribution in [2.24, 2.45) is 5.18 Å². The summed E-state index contributed by atoms with van der Waals surface area (Å²) in [5.41, 5.74) is -0.134. The number of allylic oxidation sites excluding steroid dienone is 1. The number of rotatable bonds is 1. The first-order chi connectivity index (χ1) is 4.81. The molecule has 0 rings (SSSR count). The second-order valence-electron chi connectivity index (χ2n) is 1.30. The van der Waals surface area contributed by atoms with E-state index in [0.29, 0.717) is 0 Å². The molecule has 10 heavy (non-hydrogen) atoms. The Balaban J connectivity index is 4.05. The molecule has 0 heterocycles. The highest BCUT2D eigenvalue weighted by molar-refractivity contribution is 6.21. The van der Waals surface area contributed by atoms with Crippen molar-refractivity contribution in [1.29, 1.82) is 0 Å². The second-order valence-corrected chi connectivity index (χ2v) is 1.30. The van der Waals surface area contributed by atoms with Crippen molar-refractivity contribution < 1.29 is 0 Å². The summed E-state index contributed by atoms with van der Waals surface area (Å²) in [7, 11) is 4.99. The highest BCUT2D eigenvalue weighted by Crippen LogP contribution is 1.83. The van der Waals surface area contributed by atoms with Gasteiger partial charge in [-0.15, -0.1) is 4.91 Å². The number of hydrogen-bond acceptors (Lipinski definition) is 2. The maximum Gasteiger partial charge on any atom is 0.147 e. The minimum atomic E-state index is -0.134. The molecule has 0 spiro atoms. The minimum absolute atomic E-state index is 0.134. The van der Waals surface area contributed by atoms with Gasteiger partial charge in [-0.1, -0.05) is 11.8 Å². The third-order valence-electron chi connectivity index (χ3n) is 0.585. The van der Waals surface area contributed by atoms with Crippen LogP contribution in [0.25, 0.3) is 0 Å². The lowest BCUT2D eigenvalue weighted by molar-refractivity contribution is 1.49. The van der Waals surface area contributed by atoms with Crippen LogP contribution in [-0.2, 0) is 0 Å². The Morgan fingerprint density at radius 2 is 2.30 bits per heavy atom. The molecule has 0 aliphatic carbocycles. The Labute approximate surface area is 61.1 Å². The smallest absolute Gasteiger partial charge is 0.146 e. The number of nitrogens with zero attached hydrogens (tertiary/aromatic N) is 1. The molecule has 0 saturated heterocycles. The van der Waals surface area contributed by atoms with Crippen LogP contribution in [0.5, 0.6) is 0 Å². The standard InChI is InChI=1S/C7H4BNO/c1-2-3-4-5-6-7(8)9-10/h6H,1H3. The summed E-state index contributed by atoms with van der Waals surface area (Å²) in [6.07, 6.45) is 1.21. The fourth-order valence-corrected chi connectivity index (χ4v) is 0.235. The Morgan fingerprint density at radius 1 is 1.60 bits per heavy atom. The molecular formula is C7H4BNO. The van der Waals surface area contributed by atoms with Gasteiger partial charge in [0.05, 0.1) is 0 Å². The van der Waals surface area contributed by atoms with Gasteiger partial charge in [0, 0.05) is 11.7 Å². The number of hydrogen-bond donors (Lipinski definition) is 0. The van der Waals surface area contributed by atoms with Crippen LogP contribution in [0.3, 0.4) is 0 Å². The molecule has 0 aliphatic heterocycles. The molecule has 0 aromatic carbocycles. The van der Waals surface area contributed by atoms with Crippen molar-refractivity contribution in [2.75, 3.05) is 0 Å². The van der Waals surface area contributed by atoms with Crippen molar-refractivity contribution in [2.45, 2.75) is 6.92 Å². The molecule has 46 valence electrons. The fourth-order valence-electron chi connectivity index (χ4n) is 0.235. The predicted molar refractivity (Wildman–Crippen MR) is 40.9 cm³/mol. The summed E-state index contributed by atoms with van der Waals surface area (Å²) in [6.45, 7) is 1.67. The molecule has 0 N–H and O–H groups in total. The zero-order valence-corrected chi connectivity index (χ0v) is 5.51. The summed E-state index contributed by atoms with van der Waals surface area (Å²) in [4.78, 5) is 9.62. The molecule has 2 radical (unpaired) electrons. The summed E-state index contributed by atoms with van der Waals surface area (Å²) < 4.78 is 0. The van der Waals surface area contributed by atoms with Gasteiger partial charge < -0.3 is 0 Å². The van der Waals surface area contributed by atoms with E-state index >= 15 is 0 Å². The van der Waals surface area contributed by atoms with E-state index in [4.69, 9.17) is 7.85 Å². The molecule has 0 aromatic heterocycles. The zero-order valence-electron chi connectivity index (χ0n) is 5.51. The highest BCUT2D eigenvalue weighted by atomic mass is 16.3. The van der Waals surface area contributed by atoms with Gasteiger partial charge in [0.15, 0.2) is 0 Å². The van der Waals surface area contributed by atoms with Crippen molar-refractivity contribution >= 4 is 7.85 Å². The largest absolute Gasteiger partial charge is 0.147 e. The van der Waals surface area contributed by atoms with Crippen molar-refractivity contribution in [3.05, 3.63) is 16.6 Å². The summed E-state index contributed by atoms with van der Waals surface area (Å²) >= 11 is 0. The maximum atomic E-state index is 9.62. The van der Waals surface area contributed by atoms with Gasteiger partial charge in [-0.25, -0.2) is 0 Å². The van der Waals surface area contributed by atoms with Crippen molar-refractivity contribution in [3.8, 4) is 23.7 Å². The molecule has 0 bridgehead atoms. The molecular weight excluding hydrogens is 125 g/mol. The van der Waals surface area contributed by atoms with Gasteiger partial charge >= 0.3 is 0 Å². The van der Waals surface area contributed by atoms with Crippen LogP contribution < -0.4 is 0 Å². The SMILES string of the molecule is [B]C(=CC#CC#CC)N=O. The normalized spacial score (nSPS) is 8.30. The average molecular weight is 129 g/mol. The van der Waals surface area contributed by atoms with Crippen LogP contribution in [-0.4, -0.2) is 7.85 Å². The second kappa shape index (κ2) is 5.66. The van der Waals surface area contributed by atoms with E-state index in [1.807, 2.05) is 0 Å². The Kier molecular flexibility index (Phi) is 4.82. The van der Waals surface area contributed by atoms with Crippen molar-refractivity contribution in [1.82, 2.24) is 0 Å². The van der Waals surface area contributed by atoms with Crippen LogP contribution in [0, 0.1) is 28.6 Å². The Hall–Kier alpha value is -1.48. The monoisotopic (exact) mass is 129 g/mol. The van der Waals surface area contributed by atoms with Crippen LogP contribution in [0.4, 0.5) is 0 Å². The fraction of sp³-hybridized carbons (Fsp3) is 0.143. The van der Waals surface area contributed by atoms with Gasteiger partial charge in [-0.05, 0) is 23.9 Å². The third kappa shape index (κ3) is 4.68. The molecule has 0 aliphatic rings. The van der Waals surface area contributed by atoms with Crippen LogP contribution in [0.15, 0.2) is 16.8 Å². The van der Waals surface area contributed by atoms with E-state index < -0.39 is 0 Å². The lowest BCUT2D eigenvalue weighted by Crippen LogP contribution is -1.69. The average Bonchev–Trinajstić information content (AvgIpc) is 1.98. The van der Waals surface area contributed by atoms with Crippen LogP contribution in [0.1, 0.15) is 6.92 Å². The summed E-state index contributed by atoms with van der Waals surface area (Å²) in [5, 5.41) is 2.42. The van der Waals surface area contributed by atoms with Gasteiger partial charge in [-0.2, -0.15) is 0 Å². The molecule has 0 aromatic rings. The molecule has 0 unspecified atom stereocenters. The minimum Gasteiger partial charge on any atom is -0.146 e. The first-order valence-corrected chi connectivity index (χ1v) is 2.52. The molecule has 0 saturated carbocycles. The lowest BCUT2D eigenvalue weighted by atomic mass is 10.1. The van der Waals surface area contributed by atoms with E-state index in [-0.39, 0.29) is 5.60 Å². The molecule has 0 fully saturated rings. The van der Waals surface area contributed by atoms with Gasteiger partial charge in [0.2, 0.25) is 0 Å². The summed E-state index contributed by atoms with van der Waals surface area (Å²) in [5.74, 6) is 9.90. The van der Waals surface area contributed by atoms with Gasteiger partial charge in [0.1, 0.15) is 7.85 Å². The molecule has 3 heteroatoms. The lowest BCUT2D eigenvalue weighted by Gasteiger charge is -1.73. The van der Waals surface area contributed by atoms with E-state index in [2.05, 4.69) is 28.9 Å². The molecule has 0 amide bonds. The van der Waals surface area contributed by atoms with E-state index in [0.717, 1.165) is 0 Å². The quantitative estimate of drug-likeness (QED) is 0.292. The molecule has 0 atom stereocenters. The highest BCUT2D eigenvalue weighted by Gasteiger charge is 1.76. The van der Waals surface area contributed by atoms with Crippen LogP contribution in [0.2, 0.25) is 0 Å². The first-order valence-electron chi connectivity index (χ1n) is 2.52. The first kappa shape index (κ1) is 8.52. The van der Waals surface area contributed by atoms with Gasteiger partial charge in [0.25, 0.3) is 0 Å². The van der Waals surface area contributed by atoms with E-state index in [1.54, 1.807) is 6.92 Å². The van der Waals surface area contributed by atoms with E-state index in [1.165, 1.54) is 6.08 Å². The van der Waals surface area contributed by atoms with E-state index in [9.17, 15) is 4.91 Å². The molecule has 2 nitrogen and oxygen atoms in total. The maximum absolute atomic E-state index is 9.62. The third-order valence-corrected chi connectivity index (χ3v) is 0.585. The predicted octanol–water partition coefficient (Wildman–Crippen LogP) is 0.789.